The molecule has 0 aromatic heterocycles. The number of nitrogens with zero attached hydrogens (tertiary/aromatic N) is 1. The van der Waals surface area contributed by atoms with Gasteiger partial charge in [-0.05, 0) is 39.7 Å². The molecule has 0 bridgehead atoms. The number of hydrazone groups is 1. The summed E-state index contributed by atoms with van der Waals surface area (Å²) in [6.07, 6.45) is 7.60. The number of rotatable bonds is 5. The van der Waals surface area contributed by atoms with Gasteiger partial charge in [-0.2, -0.15) is 5.10 Å². The van der Waals surface area contributed by atoms with Crippen molar-refractivity contribution < 1.29 is 4.79 Å². The Labute approximate surface area is 90.9 Å². The summed E-state index contributed by atoms with van der Waals surface area (Å²) in [6, 6.07) is -0.651. The summed E-state index contributed by atoms with van der Waals surface area (Å²) in [7, 11) is 0. The van der Waals surface area contributed by atoms with Crippen LogP contribution in [0.5, 0.6) is 0 Å². The standard InChI is InChI=1S/C11H19N3O/c1-9(2)5-4-6-10(3)7-8-13-14-11(12)15/h5,7-8H,4,6H2,1-3H3,(H3,12,14,15)/b10-7-,13-8?. The summed E-state index contributed by atoms with van der Waals surface area (Å²) in [6.45, 7) is 6.18. The number of carbonyl (C=O) groups excluding carboxylic acids is 1. The second kappa shape index (κ2) is 7.79. The fourth-order valence-electron chi connectivity index (χ4n) is 0.937. The van der Waals surface area contributed by atoms with Crippen LogP contribution in [0.4, 0.5) is 4.79 Å². The Morgan fingerprint density at radius 2 is 2.07 bits per heavy atom. The van der Waals surface area contributed by atoms with Crippen LogP contribution in [0.25, 0.3) is 0 Å². The molecule has 4 nitrogen and oxygen atoms in total. The van der Waals surface area contributed by atoms with E-state index in [2.05, 4.69) is 30.5 Å². The molecule has 84 valence electrons. The van der Waals surface area contributed by atoms with Gasteiger partial charge in [0.15, 0.2) is 0 Å². The minimum absolute atomic E-state index is 0.651. The van der Waals surface area contributed by atoms with Crippen molar-refractivity contribution in [1.82, 2.24) is 5.43 Å². The number of hydrogen-bond acceptors (Lipinski definition) is 2. The summed E-state index contributed by atoms with van der Waals surface area (Å²) < 4.78 is 0. The van der Waals surface area contributed by atoms with Gasteiger partial charge in [-0.15, -0.1) is 0 Å². The first-order chi connectivity index (χ1) is 7.02. The molecule has 2 amide bonds. The fourth-order valence-corrected chi connectivity index (χ4v) is 0.937. The van der Waals surface area contributed by atoms with Crippen molar-refractivity contribution in [2.45, 2.75) is 33.6 Å². The molecule has 0 aliphatic carbocycles. The zero-order valence-electron chi connectivity index (χ0n) is 9.58. The Kier molecular flexibility index (Phi) is 6.97. The van der Waals surface area contributed by atoms with Crippen LogP contribution in [-0.2, 0) is 0 Å². The maximum Gasteiger partial charge on any atom is 0.332 e. The lowest BCUT2D eigenvalue weighted by Gasteiger charge is -1.96. The average Bonchev–Trinajstić information content (AvgIpc) is 2.11. The Bertz CT molecular complexity index is 286. The van der Waals surface area contributed by atoms with Gasteiger partial charge >= 0.3 is 6.03 Å². The monoisotopic (exact) mass is 209 g/mol. The maximum atomic E-state index is 10.3. The number of carbonyl (C=O) groups is 1. The molecule has 4 heteroatoms. The summed E-state index contributed by atoms with van der Waals surface area (Å²) in [5.41, 5.74) is 9.49. The van der Waals surface area contributed by atoms with Crippen LogP contribution in [0.3, 0.4) is 0 Å². The molecule has 0 aliphatic rings. The molecule has 3 N–H and O–H groups in total. The molecular weight excluding hydrogens is 190 g/mol. The normalized spacial score (nSPS) is 11.5. The van der Waals surface area contributed by atoms with Crippen molar-refractivity contribution in [3.05, 3.63) is 23.3 Å². The van der Waals surface area contributed by atoms with E-state index in [0.29, 0.717) is 0 Å². The van der Waals surface area contributed by atoms with Gasteiger partial charge in [0.1, 0.15) is 0 Å². The van der Waals surface area contributed by atoms with Gasteiger partial charge in [0.25, 0.3) is 0 Å². The first-order valence-corrected chi connectivity index (χ1v) is 4.90. The number of nitrogens with one attached hydrogen (secondary N) is 1. The van der Waals surface area contributed by atoms with Crippen LogP contribution in [0, 0.1) is 0 Å². The van der Waals surface area contributed by atoms with E-state index in [-0.39, 0.29) is 0 Å². The van der Waals surface area contributed by atoms with Gasteiger partial charge in [0.05, 0.1) is 0 Å². The van der Waals surface area contributed by atoms with E-state index >= 15 is 0 Å². The minimum Gasteiger partial charge on any atom is -0.350 e. The minimum atomic E-state index is -0.651. The van der Waals surface area contributed by atoms with Crippen LogP contribution in [0.15, 0.2) is 28.4 Å². The number of primary amides is 1. The Balaban J connectivity index is 3.84. The molecule has 0 aliphatic heterocycles. The molecule has 0 aromatic carbocycles. The van der Waals surface area contributed by atoms with E-state index in [1.54, 1.807) is 0 Å². The largest absolute Gasteiger partial charge is 0.350 e. The van der Waals surface area contributed by atoms with Crippen molar-refractivity contribution in [1.29, 1.82) is 0 Å². The van der Waals surface area contributed by atoms with Crippen molar-refractivity contribution in [3.63, 3.8) is 0 Å². The van der Waals surface area contributed by atoms with E-state index < -0.39 is 6.03 Å². The lowest BCUT2D eigenvalue weighted by Crippen LogP contribution is -2.24. The zero-order valence-corrected chi connectivity index (χ0v) is 9.58. The van der Waals surface area contributed by atoms with Gasteiger partial charge in [-0.25, -0.2) is 10.2 Å². The summed E-state index contributed by atoms with van der Waals surface area (Å²) in [5.74, 6) is 0. The Morgan fingerprint density at radius 1 is 1.40 bits per heavy atom. The van der Waals surface area contributed by atoms with Gasteiger partial charge < -0.3 is 5.73 Å². The quantitative estimate of drug-likeness (QED) is 0.407. The molecule has 0 unspecified atom stereocenters. The molecule has 0 radical (unpaired) electrons. The van der Waals surface area contributed by atoms with Crippen molar-refractivity contribution in [3.8, 4) is 0 Å². The van der Waals surface area contributed by atoms with Gasteiger partial charge in [-0.3, -0.25) is 0 Å². The van der Waals surface area contributed by atoms with Crippen LogP contribution < -0.4 is 11.2 Å². The molecule has 0 spiro atoms. The Morgan fingerprint density at radius 3 is 2.60 bits per heavy atom. The third-order valence-corrected chi connectivity index (χ3v) is 1.70. The van der Waals surface area contributed by atoms with Gasteiger partial charge in [-0.1, -0.05) is 17.2 Å². The number of allylic oxidation sites excluding steroid dienone is 4. The van der Waals surface area contributed by atoms with Gasteiger partial charge in [0.2, 0.25) is 0 Å². The number of amides is 2. The highest BCUT2D eigenvalue weighted by Crippen LogP contribution is 2.05. The average molecular weight is 209 g/mol. The summed E-state index contributed by atoms with van der Waals surface area (Å²) in [4.78, 5) is 10.3. The first kappa shape index (κ1) is 13.4. The molecule has 0 heterocycles. The second-order valence-corrected chi connectivity index (χ2v) is 3.59. The fraction of sp³-hybridized carbons (Fsp3) is 0.455. The predicted molar refractivity (Wildman–Crippen MR) is 63.6 cm³/mol. The van der Waals surface area contributed by atoms with Crippen molar-refractivity contribution in [2.24, 2.45) is 10.8 Å². The SMILES string of the molecule is CC(C)=CCC/C(C)=C\C=NNC(N)=O. The molecule has 0 rings (SSSR count). The third kappa shape index (κ3) is 10.3. The topological polar surface area (TPSA) is 67.5 Å². The van der Waals surface area contributed by atoms with Crippen LogP contribution in [0.1, 0.15) is 33.6 Å². The van der Waals surface area contributed by atoms with Gasteiger partial charge in [0, 0.05) is 6.21 Å². The molecular formula is C11H19N3O. The van der Waals surface area contributed by atoms with E-state index in [1.165, 1.54) is 17.4 Å². The van der Waals surface area contributed by atoms with Crippen LogP contribution in [0.2, 0.25) is 0 Å². The van der Waals surface area contributed by atoms with E-state index in [4.69, 9.17) is 5.73 Å². The number of hydrogen-bond donors (Lipinski definition) is 2. The highest BCUT2D eigenvalue weighted by atomic mass is 16.2. The Hall–Kier alpha value is -1.58. The summed E-state index contributed by atoms with van der Waals surface area (Å²) >= 11 is 0. The molecule has 0 atom stereocenters. The molecule has 0 saturated carbocycles. The number of urea groups is 1. The first-order valence-electron chi connectivity index (χ1n) is 4.90. The number of nitrogens with two attached hydrogens (primary N) is 1. The lowest BCUT2D eigenvalue weighted by molar-refractivity contribution is 0.249. The van der Waals surface area contributed by atoms with Crippen molar-refractivity contribution >= 4 is 12.2 Å². The smallest absolute Gasteiger partial charge is 0.332 e. The zero-order chi connectivity index (χ0) is 11.7. The lowest BCUT2D eigenvalue weighted by atomic mass is 10.1. The molecule has 0 saturated heterocycles. The molecule has 0 aromatic rings. The second-order valence-electron chi connectivity index (χ2n) is 3.59. The van der Waals surface area contributed by atoms with Crippen LogP contribution in [-0.4, -0.2) is 12.2 Å². The third-order valence-electron chi connectivity index (χ3n) is 1.70. The predicted octanol–water partition coefficient (Wildman–Crippen LogP) is 2.33. The maximum absolute atomic E-state index is 10.3. The van der Waals surface area contributed by atoms with Crippen molar-refractivity contribution in [2.75, 3.05) is 0 Å². The highest BCUT2D eigenvalue weighted by molar-refractivity contribution is 5.76. The van der Waals surface area contributed by atoms with Crippen LogP contribution >= 0.6 is 0 Å². The molecule has 15 heavy (non-hydrogen) atoms. The molecule has 0 fully saturated rings. The highest BCUT2D eigenvalue weighted by Gasteiger charge is 1.87. The van der Waals surface area contributed by atoms with E-state index in [9.17, 15) is 4.79 Å². The van der Waals surface area contributed by atoms with E-state index in [0.717, 1.165) is 12.8 Å². The summed E-state index contributed by atoms with van der Waals surface area (Å²) in [5, 5.41) is 3.61. The van der Waals surface area contributed by atoms with E-state index in [1.807, 2.05) is 13.0 Å².